The van der Waals surface area contributed by atoms with Crippen LogP contribution in [0.1, 0.15) is 30.8 Å². The molecule has 0 unspecified atom stereocenters. The van der Waals surface area contributed by atoms with Crippen LogP contribution in [0.3, 0.4) is 0 Å². The number of nitrogens with zero attached hydrogens (tertiary/aromatic N) is 2. The molecule has 1 aromatic carbocycles. The Balaban J connectivity index is 2.13. The molecule has 0 spiro atoms. The number of carbonyl (C=O) groups is 2. The molecule has 0 aliphatic carbocycles. The van der Waals surface area contributed by atoms with E-state index in [9.17, 15) is 14.0 Å². The van der Waals surface area contributed by atoms with E-state index in [1.165, 1.54) is 18.3 Å². The maximum atomic E-state index is 13.1. The summed E-state index contributed by atoms with van der Waals surface area (Å²) in [4.78, 5) is 23.1. The van der Waals surface area contributed by atoms with Crippen molar-refractivity contribution in [3.63, 3.8) is 0 Å². The van der Waals surface area contributed by atoms with Crippen LogP contribution in [0.2, 0.25) is 0 Å². The van der Waals surface area contributed by atoms with Crippen LogP contribution in [0.25, 0.3) is 5.69 Å². The molecule has 0 saturated heterocycles. The topological polar surface area (TPSA) is 75.5 Å². The van der Waals surface area contributed by atoms with Gasteiger partial charge in [-0.05, 0) is 58.0 Å². The molecule has 2 amide bonds. The second-order valence-electron chi connectivity index (χ2n) is 5.97. The highest BCUT2D eigenvalue weighted by molar-refractivity contribution is 6.35. The fourth-order valence-electron chi connectivity index (χ4n) is 2.44. The van der Waals surface area contributed by atoms with E-state index in [0.717, 1.165) is 22.6 Å². The fraction of sp³-hybridized carbons (Fsp3) is 0.278. The van der Waals surface area contributed by atoms with Crippen LogP contribution < -0.4 is 10.7 Å². The van der Waals surface area contributed by atoms with Gasteiger partial charge in [-0.2, -0.15) is 5.10 Å². The summed E-state index contributed by atoms with van der Waals surface area (Å²) >= 11 is 0. The van der Waals surface area contributed by atoms with Gasteiger partial charge in [0, 0.05) is 28.7 Å². The van der Waals surface area contributed by atoms with Gasteiger partial charge >= 0.3 is 11.8 Å². The molecule has 0 fully saturated rings. The lowest BCUT2D eigenvalue weighted by Crippen LogP contribution is -2.41. The van der Waals surface area contributed by atoms with Crippen molar-refractivity contribution in [1.29, 1.82) is 0 Å². The second-order valence-corrected chi connectivity index (χ2v) is 5.97. The Morgan fingerprint density at radius 3 is 2.40 bits per heavy atom. The van der Waals surface area contributed by atoms with Gasteiger partial charge in [0.05, 0.1) is 6.21 Å². The quantitative estimate of drug-likeness (QED) is 0.507. The molecule has 2 N–H and O–H groups in total. The number of aromatic nitrogens is 1. The number of hydrazone groups is 1. The van der Waals surface area contributed by atoms with Crippen LogP contribution in [0, 0.1) is 19.7 Å². The first-order valence-corrected chi connectivity index (χ1v) is 7.88. The zero-order valence-electron chi connectivity index (χ0n) is 14.6. The third-order valence-electron chi connectivity index (χ3n) is 3.55. The molecule has 0 bridgehead atoms. The summed E-state index contributed by atoms with van der Waals surface area (Å²) in [6.07, 6.45) is 1.48. The Kier molecular flexibility index (Phi) is 5.69. The molecule has 0 atom stereocenters. The zero-order chi connectivity index (χ0) is 18.6. The number of rotatable bonds is 4. The summed E-state index contributed by atoms with van der Waals surface area (Å²) in [6.45, 7) is 7.34. The van der Waals surface area contributed by atoms with E-state index in [2.05, 4.69) is 15.8 Å². The maximum absolute atomic E-state index is 13.1. The summed E-state index contributed by atoms with van der Waals surface area (Å²) < 4.78 is 15.0. The summed E-state index contributed by atoms with van der Waals surface area (Å²) in [5, 5.41) is 6.32. The molecule has 1 aromatic heterocycles. The lowest BCUT2D eigenvalue weighted by molar-refractivity contribution is -0.139. The van der Waals surface area contributed by atoms with Gasteiger partial charge < -0.3 is 9.88 Å². The van der Waals surface area contributed by atoms with Gasteiger partial charge in [-0.25, -0.2) is 9.82 Å². The largest absolute Gasteiger partial charge is 0.346 e. The monoisotopic (exact) mass is 344 g/mol. The van der Waals surface area contributed by atoms with Crippen molar-refractivity contribution in [1.82, 2.24) is 15.3 Å². The van der Waals surface area contributed by atoms with E-state index in [4.69, 9.17) is 0 Å². The van der Waals surface area contributed by atoms with Crippen molar-refractivity contribution in [2.24, 2.45) is 5.10 Å². The van der Waals surface area contributed by atoms with Crippen LogP contribution in [0.5, 0.6) is 0 Å². The summed E-state index contributed by atoms with van der Waals surface area (Å²) in [5.74, 6) is -1.85. The van der Waals surface area contributed by atoms with Gasteiger partial charge in [0.15, 0.2) is 0 Å². The summed E-state index contributed by atoms with van der Waals surface area (Å²) in [7, 11) is 0. The van der Waals surface area contributed by atoms with Crippen molar-refractivity contribution in [3.8, 4) is 5.69 Å². The van der Waals surface area contributed by atoms with Crippen molar-refractivity contribution >= 4 is 18.0 Å². The molecule has 0 radical (unpaired) electrons. The SMILES string of the molecule is Cc1cc(/C=N\NC(=O)C(=O)NC(C)C)c(C)n1-c1ccc(F)cc1. The van der Waals surface area contributed by atoms with E-state index in [0.29, 0.717) is 0 Å². The van der Waals surface area contributed by atoms with Gasteiger partial charge in [0.2, 0.25) is 0 Å². The predicted molar refractivity (Wildman–Crippen MR) is 94.2 cm³/mol. The minimum atomic E-state index is -0.822. The van der Waals surface area contributed by atoms with Crippen molar-refractivity contribution < 1.29 is 14.0 Å². The lowest BCUT2D eigenvalue weighted by Gasteiger charge is -2.09. The molecule has 0 aliphatic rings. The highest BCUT2D eigenvalue weighted by Crippen LogP contribution is 2.19. The molecule has 0 aliphatic heterocycles. The summed E-state index contributed by atoms with van der Waals surface area (Å²) in [6, 6.07) is 7.94. The van der Waals surface area contributed by atoms with E-state index < -0.39 is 11.8 Å². The average Bonchev–Trinajstić information content (AvgIpc) is 2.82. The summed E-state index contributed by atoms with van der Waals surface area (Å²) in [5.41, 5.74) is 5.64. The van der Waals surface area contributed by atoms with Gasteiger partial charge in [0.1, 0.15) is 5.82 Å². The maximum Gasteiger partial charge on any atom is 0.329 e. The molecule has 0 saturated carbocycles. The number of hydrogen-bond acceptors (Lipinski definition) is 3. The van der Waals surface area contributed by atoms with E-state index in [1.54, 1.807) is 26.0 Å². The molecule has 2 aromatic rings. The van der Waals surface area contributed by atoms with Gasteiger partial charge in [0.25, 0.3) is 0 Å². The first-order valence-electron chi connectivity index (χ1n) is 7.88. The lowest BCUT2D eigenvalue weighted by atomic mass is 10.2. The van der Waals surface area contributed by atoms with Gasteiger partial charge in [-0.1, -0.05) is 0 Å². The first-order chi connectivity index (χ1) is 11.8. The molecule has 2 rings (SSSR count). The molecular weight excluding hydrogens is 323 g/mol. The molecule has 1 heterocycles. The number of hydrogen-bond donors (Lipinski definition) is 2. The van der Waals surface area contributed by atoms with Gasteiger partial charge in [-0.15, -0.1) is 0 Å². The number of halogens is 1. The molecule has 7 heteroatoms. The van der Waals surface area contributed by atoms with E-state index in [-0.39, 0.29) is 11.9 Å². The van der Waals surface area contributed by atoms with Crippen LogP contribution in [-0.4, -0.2) is 28.6 Å². The van der Waals surface area contributed by atoms with Crippen LogP contribution in [0.15, 0.2) is 35.4 Å². The van der Waals surface area contributed by atoms with Crippen LogP contribution in [0.4, 0.5) is 4.39 Å². The Bertz CT molecular complexity index is 807. The normalized spacial score (nSPS) is 11.1. The number of benzene rings is 1. The van der Waals surface area contributed by atoms with E-state index in [1.807, 2.05) is 24.5 Å². The number of nitrogens with one attached hydrogen (secondary N) is 2. The highest BCUT2D eigenvalue weighted by Gasteiger charge is 2.13. The predicted octanol–water partition coefficient (Wildman–Crippen LogP) is 2.21. The number of carbonyl (C=O) groups excluding carboxylic acids is 2. The average molecular weight is 344 g/mol. The van der Waals surface area contributed by atoms with Crippen LogP contribution in [-0.2, 0) is 9.59 Å². The molecular formula is C18H21FN4O2. The van der Waals surface area contributed by atoms with Crippen LogP contribution >= 0.6 is 0 Å². The second kappa shape index (κ2) is 7.74. The van der Waals surface area contributed by atoms with Crippen molar-refractivity contribution in [2.45, 2.75) is 33.7 Å². The third kappa shape index (κ3) is 4.53. The Morgan fingerprint density at radius 2 is 1.80 bits per heavy atom. The highest BCUT2D eigenvalue weighted by atomic mass is 19.1. The first kappa shape index (κ1) is 18.4. The Hall–Kier alpha value is -2.96. The van der Waals surface area contributed by atoms with Crippen molar-refractivity contribution in [2.75, 3.05) is 0 Å². The van der Waals surface area contributed by atoms with Gasteiger partial charge in [-0.3, -0.25) is 9.59 Å². The smallest absolute Gasteiger partial charge is 0.329 e. The number of amides is 2. The Labute approximate surface area is 145 Å². The zero-order valence-corrected chi connectivity index (χ0v) is 14.6. The number of aryl methyl sites for hydroxylation is 1. The molecule has 6 nitrogen and oxygen atoms in total. The molecule has 132 valence electrons. The third-order valence-corrected chi connectivity index (χ3v) is 3.55. The van der Waals surface area contributed by atoms with E-state index >= 15 is 0 Å². The molecule has 25 heavy (non-hydrogen) atoms. The fourth-order valence-corrected chi connectivity index (χ4v) is 2.44. The standard InChI is InChI=1S/C18H21FN4O2/c1-11(2)21-17(24)18(25)22-20-10-14-9-12(3)23(13(14)4)16-7-5-15(19)6-8-16/h5-11H,1-4H3,(H,21,24)(H,22,25)/b20-10-. The minimum absolute atomic E-state index is 0.128. The minimum Gasteiger partial charge on any atom is -0.346 e. The Morgan fingerprint density at radius 1 is 1.16 bits per heavy atom. The van der Waals surface area contributed by atoms with Crippen molar-refractivity contribution in [3.05, 3.63) is 53.1 Å².